The Bertz CT molecular complexity index is 101. The molecule has 14 heavy (non-hydrogen) atoms. The standard InChI is InChI=1S/C13H29N/c1-4-9-13(6-3)10-7-8-12-14-11-5-2/h13-14H,4-12H2,1-3H3. The van der Waals surface area contributed by atoms with Crippen LogP contribution in [0.1, 0.15) is 65.7 Å². The second-order valence-corrected chi connectivity index (χ2v) is 4.31. The zero-order chi connectivity index (χ0) is 10.6. The van der Waals surface area contributed by atoms with Gasteiger partial charge in [-0.3, -0.25) is 0 Å². The Hall–Kier alpha value is -0.0400. The quantitative estimate of drug-likeness (QED) is 0.525. The van der Waals surface area contributed by atoms with Crippen LogP contribution < -0.4 is 5.32 Å². The van der Waals surface area contributed by atoms with E-state index in [2.05, 4.69) is 26.1 Å². The summed E-state index contributed by atoms with van der Waals surface area (Å²) in [6.45, 7) is 9.26. The molecule has 0 fully saturated rings. The fourth-order valence-electron chi connectivity index (χ4n) is 1.95. The molecule has 0 saturated carbocycles. The number of unbranched alkanes of at least 4 members (excludes halogenated alkanes) is 1. The molecule has 1 heteroatoms. The number of hydrogen-bond donors (Lipinski definition) is 1. The summed E-state index contributed by atoms with van der Waals surface area (Å²) in [5, 5.41) is 3.46. The molecule has 0 spiro atoms. The molecule has 0 aliphatic rings. The molecule has 0 aromatic carbocycles. The van der Waals surface area contributed by atoms with Crippen LogP contribution in [0, 0.1) is 5.92 Å². The third-order valence-corrected chi connectivity index (χ3v) is 2.92. The highest BCUT2D eigenvalue weighted by atomic mass is 14.8. The second kappa shape index (κ2) is 11.0. The minimum atomic E-state index is 0.992. The number of nitrogens with one attached hydrogen (secondary N) is 1. The predicted octanol–water partition coefficient (Wildman–Crippen LogP) is 3.98. The molecule has 0 aromatic heterocycles. The van der Waals surface area contributed by atoms with E-state index in [1.54, 1.807) is 0 Å². The van der Waals surface area contributed by atoms with Crippen LogP contribution in [0.5, 0.6) is 0 Å². The van der Waals surface area contributed by atoms with Gasteiger partial charge in [0.15, 0.2) is 0 Å². The van der Waals surface area contributed by atoms with Crippen LogP contribution >= 0.6 is 0 Å². The Morgan fingerprint density at radius 1 is 0.857 bits per heavy atom. The highest BCUT2D eigenvalue weighted by molar-refractivity contribution is 4.57. The molecule has 1 N–H and O–H groups in total. The molecule has 0 aromatic rings. The highest BCUT2D eigenvalue weighted by Crippen LogP contribution is 2.17. The zero-order valence-electron chi connectivity index (χ0n) is 10.4. The summed E-state index contributed by atoms with van der Waals surface area (Å²) in [5.41, 5.74) is 0. The van der Waals surface area contributed by atoms with Crippen LogP contribution in [0.4, 0.5) is 0 Å². The summed E-state index contributed by atoms with van der Waals surface area (Å²) in [6.07, 6.45) is 9.63. The van der Waals surface area contributed by atoms with E-state index in [1.807, 2.05) is 0 Å². The van der Waals surface area contributed by atoms with E-state index in [0.29, 0.717) is 0 Å². The van der Waals surface area contributed by atoms with E-state index < -0.39 is 0 Å². The van der Waals surface area contributed by atoms with Crippen LogP contribution in [0.2, 0.25) is 0 Å². The molecule has 0 aliphatic heterocycles. The molecule has 0 radical (unpaired) electrons. The van der Waals surface area contributed by atoms with E-state index in [-0.39, 0.29) is 0 Å². The molecule has 1 unspecified atom stereocenters. The lowest BCUT2D eigenvalue weighted by Crippen LogP contribution is -2.16. The molecule has 0 bridgehead atoms. The van der Waals surface area contributed by atoms with Gasteiger partial charge in [-0.05, 0) is 31.8 Å². The van der Waals surface area contributed by atoms with Crippen molar-refractivity contribution in [2.24, 2.45) is 5.92 Å². The normalized spacial score (nSPS) is 13.1. The molecule has 0 heterocycles. The Morgan fingerprint density at radius 2 is 1.64 bits per heavy atom. The van der Waals surface area contributed by atoms with Gasteiger partial charge in [-0.1, -0.05) is 52.9 Å². The summed E-state index contributed by atoms with van der Waals surface area (Å²) in [4.78, 5) is 0. The van der Waals surface area contributed by atoms with Gasteiger partial charge in [0.25, 0.3) is 0 Å². The molecular weight excluding hydrogens is 170 g/mol. The van der Waals surface area contributed by atoms with Crippen molar-refractivity contribution in [3.8, 4) is 0 Å². The molecule has 0 aliphatic carbocycles. The average Bonchev–Trinajstić information content (AvgIpc) is 2.21. The van der Waals surface area contributed by atoms with Crippen molar-refractivity contribution in [3.05, 3.63) is 0 Å². The third-order valence-electron chi connectivity index (χ3n) is 2.92. The molecule has 0 rings (SSSR count). The van der Waals surface area contributed by atoms with Crippen LogP contribution in [-0.4, -0.2) is 13.1 Å². The first-order valence-corrected chi connectivity index (χ1v) is 6.55. The zero-order valence-corrected chi connectivity index (χ0v) is 10.4. The minimum Gasteiger partial charge on any atom is -0.317 e. The molecule has 0 amide bonds. The monoisotopic (exact) mass is 199 g/mol. The lowest BCUT2D eigenvalue weighted by Gasteiger charge is -2.13. The molecular formula is C13H29N. The van der Waals surface area contributed by atoms with Gasteiger partial charge in [0.2, 0.25) is 0 Å². The second-order valence-electron chi connectivity index (χ2n) is 4.31. The summed E-state index contributed by atoms with van der Waals surface area (Å²) in [6, 6.07) is 0. The van der Waals surface area contributed by atoms with Gasteiger partial charge in [-0.2, -0.15) is 0 Å². The SMILES string of the molecule is CCCNCCCCC(CC)CCC. The fourth-order valence-corrected chi connectivity index (χ4v) is 1.95. The molecule has 1 atom stereocenters. The van der Waals surface area contributed by atoms with Gasteiger partial charge < -0.3 is 5.32 Å². The predicted molar refractivity (Wildman–Crippen MR) is 65.7 cm³/mol. The van der Waals surface area contributed by atoms with Crippen molar-refractivity contribution in [1.82, 2.24) is 5.32 Å². The smallest absolute Gasteiger partial charge is 0.00489 e. The molecule has 1 nitrogen and oxygen atoms in total. The summed E-state index contributed by atoms with van der Waals surface area (Å²) < 4.78 is 0. The van der Waals surface area contributed by atoms with Gasteiger partial charge in [0.1, 0.15) is 0 Å². The van der Waals surface area contributed by atoms with E-state index in [4.69, 9.17) is 0 Å². The minimum absolute atomic E-state index is 0.992. The van der Waals surface area contributed by atoms with Crippen LogP contribution in [0.25, 0.3) is 0 Å². The first-order valence-electron chi connectivity index (χ1n) is 6.55. The topological polar surface area (TPSA) is 12.0 Å². The van der Waals surface area contributed by atoms with Crippen molar-refractivity contribution in [2.45, 2.75) is 65.7 Å². The molecule has 86 valence electrons. The number of rotatable bonds is 10. The van der Waals surface area contributed by atoms with Gasteiger partial charge in [0.05, 0.1) is 0 Å². The first-order chi connectivity index (χ1) is 6.85. The van der Waals surface area contributed by atoms with Crippen molar-refractivity contribution >= 4 is 0 Å². The van der Waals surface area contributed by atoms with Gasteiger partial charge >= 0.3 is 0 Å². The van der Waals surface area contributed by atoms with Crippen molar-refractivity contribution in [1.29, 1.82) is 0 Å². The van der Waals surface area contributed by atoms with Crippen LogP contribution in [0.3, 0.4) is 0 Å². The maximum Gasteiger partial charge on any atom is -0.00489 e. The largest absolute Gasteiger partial charge is 0.317 e. The Morgan fingerprint density at radius 3 is 2.21 bits per heavy atom. The van der Waals surface area contributed by atoms with Crippen LogP contribution in [0.15, 0.2) is 0 Å². The van der Waals surface area contributed by atoms with E-state index in [9.17, 15) is 0 Å². The van der Waals surface area contributed by atoms with Crippen molar-refractivity contribution in [2.75, 3.05) is 13.1 Å². The van der Waals surface area contributed by atoms with Gasteiger partial charge in [0, 0.05) is 0 Å². The van der Waals surface area contributed by atoms with Crippen LogP contribution in [-0.2, 0) is 0 Å². The van der Waals surface area contributed by atoms with E-state index in [1.165, 1.54) is 58.0 Å². The number of hydrogen-bond acceptors (Lipinski definition) is 1. The van der Waals surface area contributed by atoms with E-state index in [0.717, 1.165) is 5.92 Å². The van der Waals surface area contributed by atoms with E-state index >= 15 is 0 Å². The van der Waals surface area contributed by atoms with Gasteiger partial charge in [-0.15, -0.1) is 0 Å². The summed E-state index contributed by atoms with van der Waals surface area (Å²) >= 11 is 0. The lowest BCUT2D eigenvalue weighted by molar-refractivity contribution is 0.410. The third kappa shape index (κ3) is 8.55. The Labute approximate surface area is 90.7 Å². The Balaban J connectivity index is 3.15. The average molecular weight is 199 g/mol. The fraction of sp³-hybridized carbons (Fsp3) is 1.00. The molecule has 0 saturated heterocycles. The Kier molecular flexibility index (Phi) is 11.0. The first kappa shape index (κ1) is 14.0. The van der Waals surface area contributed by atoms with Crippen molar-refractivity contribution in [3.63, 3.8) is 0 Å². The summed E-state index contributed by atoms with van der Waals surface area (Å²) in [5.74, 6) is 0.992. The van der Waals surface area contributed by atoms with Gasteiger partial charge in [-0.25, -0.2) is 0 Å². The summed E-state index contributed by atoms with van der Waals surface area (Å²) in [7, 11) is 0. The highest BCUT2D eigenvalue weighted by Gasteiger charge is 2.03. The maximum atomic E-state index is 3.46. The van der Waals surface area contributed by atoms with Crippen molar-refractivity contribution < 1.29 is 0 Å². The lowest BCUT2D eigenvalue weighted by atomic mass is 9.95. The maximum absolute atomic E-state index is 3.46.